The summed E-state index contributed by atoms with van der Waals surface area (Å²) >= 11 is 5.86. The highest BCUT2D eigenvalue weighted by Gasteiger charge is 2.48. The molecule has 0 saturated carbocycles. The van der Waals surface area contributed by atoms with Crippen molar-refractivity contribution in [2.75, 3.05) is 0 Å². The summed E-state index contributed by atoms with van der Waals surface area (Å²) < 4.78 is 1.31. The van der Waals surface area contributed by atoms with Crippen LogP contribution in [0.5, 0.6) is 0 Å². The van der Waals surface area contributed by atoms with Gasteiger partial charge in [0.15, 0.2) is 5.54 Å². The van der Waals surface area contributed by atoms with Gasteiger partial charge in [-0.05, 0) is 24.6 Å². The minimum atomic E-state index is -1.35. The van der Waals surface area contributed by atoms with Gasteiger partial charge in [0.2, 0.25) is 0 Å². The average Bonchev–Trinajstić information content (AvgIpc) is 2.79. The van der Waals surface area contributed by atoms with E-state index in [4.69, 9.17) is 11.6 Å². The molecule has 1 aliphatic rings. The zero-order chi connectivity index (χ0) is 16.6. The van der Waals surface area contributed by atoms with E-state index in [2.05, 4.69) is 10.6 Å². The topological polar surface area (TPSA) is 80.2 Å². The molecule has 3 rings (SSSR count). The van der Waals surface area contributed by atoms with E-state index < -0.39 is 23.0 Å². The first-order valence-electron chi connectivity index (χ1n) is 6.98. The van der Waals surface area contributed by atoms with Gasteiger partial charge >= 0.3 is 6.03 Å². The van der Waals surface area contributed by atoms with Crippen molar-refractivity contribution in [3.8, 4) is 0 Å². The highest BCUT2D eigenvalue weighted by molar-refractivity contribution is 6.30. The molecule has 7 heteroatoms. The van der Waals surface area contributed by atoms with Gasteiger partial charge in [-0.15, -0.1) is 0 Å². The second-order valence-electron chi connectivity index (χ2n) is 5.47. The Labute approximate surface area is 137 Å². The largest absolute Gasteiger partial charge is 0.322 e. The summed E-state index contributed by atoms with van der Waals surface area (Å²) in [5.41, 5.74) is -0.152. The summed E-state index contributed by atoms with van der Waals surface area (Å²) in [6.07, 6.45) is 1.53. The molecule has 1 aromatic heterocycles. The molecule has 3 amide bonds. The number of carbonyl (C=O) groups is 2. The second kappa shape index (κ2) is 5.55. The van der Waals surface area contributed by atoms with Crippen molar-refractivity contribution in [3.05, 3.63) is 69.1 Å². The molecule has 1 fully saturated rings. The number of nitrogens with zero attached hydrogens (tertiary/aromatic N) is 1. The molecule has 1 aliphatic heterocycles. The SMILES string of the molecule is Cc1ccc(C2(Cn3cccc(Cl)c3=O)NC(=O)NC2=O)cc1. The summed E-state index contributed by atoms with van der Waals surface area (Å²) in [7, 11) is 0. The molecule has 1 aromatic carbocycles. The predicted molar refractivity (Wildman–Crippen MR) is 85.2 cm³/mol. The van der Waals surface area contributed by atoms with Crippen LogP contribution < -0.4 is 16.2 Å². The molecule has 0 radical (unpaired) electrons. The zero-order valence-corrected chi connectivity index (χ0v) is 13.1. The average molecular weight is 332 g/mol. The standard InChI is InChI=1S/C16H14ClN3O3/c1-10-4-6-11(7-5-10)16(14(22)18-15(23)19-16)9-20-8-2-3-12(17)13(20)21/h2-8H,9H2,1H3,(H2,18,19,22,23). The fourth-order valence-corrected chi connectivity index (χ4v) is 2.80. The van der Waals surface area contributed by atoms with Gasteiger partial charge in [0.25, 0.3) is 11.5 Å². The number of nitrogens with one attached hydrogen (secondary N) is 2. The third-order valence-electron chi connectivity index (χ3n) is 3.87. The Kier molecular flexibility index (Phi) is 3.69. The van der Waals surface area contributed by atoms with Crippen LogP contribution in [0.4, 0.5) is 4.79 Å². The third kappa shape index (κ3) is 2.61. The summed E-state index contributed by atoms with van der Waals surface area (Å²) in [4.78, 5) is 36.3. The number of imide groups is 1. The van der Waals surface area contributed by atoms with Crippen LogP contribution in [0.1, 0.15) is 11.1 Å². The zero-order valence-electron chi connectivity index (χ0n) is 12.3. The van der Waals surface area contributed by atoms with E-state index >= 15 is 0 Å². The van der Waals surface area contributed by atoms with Gasteiger partial charge in [-0.1, -0.05) is 41.4 Å². The number of rotatable bonds is 3. The number of carbonyl (C=O) groups excluding carboxylic acids is 2. The lowest BCUT2D eigenvalue weighted by Crippen LogP contribution is -2.49. The molecule has 1 atom stereocenters. The number of urea groups is 1. The molecule has 0 aliphatic carbocycles. The van der Waals surface area contributed by atoms with Crippen molar-refractivity contribution < 1.29 is 9.59 Å². The maximum absolute atomic E-state index is 12.4. The van der Waals surface area contributed by atoms with Crippen molar-refractivity contribution >= 4 is 23.5 Å². The summed E-state index contributed by atoms with van der Waals surface area (Å²) in [5.74, 6) is -0.502. The monoisotopic (exact) mass is 331 g/mol. The number of amides is 3. The van der Waals surface area contributed by atoms with E-state index in [0.29, 0.717) is 5.56 Å². The van der Waals surface area contributed by atoms with Crippen molar-refractivity contribution in [2.45, 2.75) is 19.0 Å². The number of halogens is 1. The molecule has 1 unspecified atom stereocenters. The van der Waals surface area contributed by atoms with Gasteiger partial charge in [-0.2, -0.15) is 0 Å². The van der Waals surface area contributed by atoms with Crippen molar-refractivity contribution in [1.29, 1.82) is 0 Å². The van der Waals surface area contributed by atoms with Crippen LogP contribution in [-0.4, -0.2) is 16.5 Å². The number of aryl methyl sites for hydroxylation is 1. The molecule has 0 spiro atoms. The highest BCUT2D eigenvalue weighted by atomic mass is 35.5. The van der Waals surface area contributed by atoms with Crippen LogP contribution in [0.15, 0.2) is 47.4 Å². The molecule has 23 heavy (non-hydrogen) atoms. The van der Waals surface area contributed by atoms with E-state index in [1.807, 2.05) is 19.1 Å². The Morgan fingerprint density at radius 2 is 1.83 bits per heavy atom. The van der Waals surface area contributed by atoms with Gasteiger partial charge < -0.3 is 9.88 Å². The van der Waals surface area contributed by atoms with E-state index in [1.54, 1.807) is 18.2 Å². The van der Waals surface area contributed by atoms with Crippen LogP contribution in [0.25, 0.3) is 0 Å². The first kappa shape index (κ1) is 15.3. The fourth-order valence-electron chi connectivity index (χ4n) is 2.62. The van der Waals surface area contributed by atoms with E-state index in [9.17, 15) is 14.4 Å². The lowest BCUT2D eigenvalue weighted by Gasteiger charge is -2.27. The third-order valence-corrected chi connectivity index (χ3v) is 4.15. The van der Waals surface area contributed by atoms with Crippen molar-refractivity contribution in [3.63, 3.8) is 0 Å². The normalized spacial score (nSPS) is 20.3. The number of aromatic nitrogens is 1. The minimum Gasteiger partial charge on any atom is -0.318 e. The maximum atomic E-state index is 12.4. The molecule has 2 heterocycles. The van der Waals surface area contributed by atoms with E-state index in [-0.39, 0.29) is 11.6 Å². The molecular formula is C16H14ClN3O3. The first-order valence-corrected chi connectivity index (χ1v) is 7.36. The lowest BCUT2D eigenvalue weighted by atomic mass is 9.89. The number of hydrogen-bond donors (Lipinski definition) is 2. The summed E-state index contributed by atoms with van der Waals surface area (Å²) in [6.45, 7) is 1.87. The Morgan fingerprint density at radius 1 is 1.13 bits per heavy atom. The molecule has 118 valence electrons. The molecule has 0 bridgehead atoms. The van der Waals surface area contributed by atoms with Crippen LogP contribution >= 0.6 is 11.6 Å². The van der Waals surface area contributed by atoms with Gasteiger partial charge in [-0.3, -0.25) is 14.9 Å². The lowest BCUT2D eigenvalue weighted by molar-refractivity contribution is -0.124. The summed E-state index contributed by atoms with van der Waals surface area (Å²) in [6, 6.07) is 9.70. The Bertz CT molecular complexity index is 844. The van der Waals surface area contributed by atoms with Gasteiger partial charge in [0.05, 0.1) is 6.54 Å². The van der Waals surface area contributed by atoms with Crippen molar-refractivity contribution in [1.82, 2.24) is 15.2 Å². The molecular weight excluding hydrogens is 318 g/mol. The van der Waals surface area contributed by atoms with Crippen LogP contribution in [0, 0.1) is 6.92 Å². The maximum Gasteiger partial charge on any atom is 0.322 e. The quantitative estimate of drug-likeness (QED) is 0.837. The first-order chi connectivity index (χ1) is 10.9. The molecule has 1 saturated heterocycles. The van der Waals surface area contributed by atoms with Crippen LogP contribution in [0.2, 0.25) is 5.02 Å². The minimum absolute atomic E-state index is 0.0486. The van der Waals surface area contributed by atoms with E-state index in [1.165, 1.54) is 16.8 Å². The molecule has 2 N–H and O–H groups in total. The fraction of sp³-hybridized carbons (Fsp3) is 0.188. The summed E-state index contributed by atoms with van der Waals surface area (Å²) in [5, 5.41) is 4.94. The Morgan fingerprint density at radius 3 is 2.43 bits per heavy atom. The number of hydrogen-bond acceptors (Lipinski definition) is 3. The number of pyridine rings is 1. The van der Waals surface area contributed by atoms with Crippen LogP contribution in [-0.2, 0) is 16.9 Å². The van der Waals surface area contributed by atoms with Gasteiger partial charge in [0, 0.05) is 6.20 Å². The highest BCUT2D eigenvalue weighted by Crippen LogP contribution is 2.27. The predicted octanol–water partition coefficient (Wildman–Crippen LogP) is 1.55. The molecule has 6 nitrogen and oxygen atoms in total. The Balaban J connectivity index is 2.12. The van der Waals surface area contributed by atoms with Crippen molar-refractivity contribution in [2.24, 2.45) is 0 Å². The van der Waals surface area contributed by atoms with Gasteiger partial charge in [-0.25, -0.2) is 4.79 Å². The van der Waals surface area contributed by atoms with Gasteiger partial charge in [0.1, 0.15) is 5.02 Å². The smallest absolute Gasteiger partial charge is 0.318 e. The van der Waals surface area contributed by atoms with E-state index in [0.717, 1.165) is 5.56 Å². The Hall–Kier alpha value is -2.60. The second-order valence-corrected chi connectivity index (χ2v) is 5.88. The van der Waals surface area contributed by atoms with Crippen LogP contribution in [0.3, 0.4) is 0 Å². The molecule has 2 aromatic rings. The number of benzene rings is 1.